The Morgan fingerprint density at radius 2 is 1.38 bits per heavy atom. The first-order valence-corrected chi connectivity index (χ1v) is 5.91. The molecule has 0 bridgehead atoms. The molecule has 0 saturated heterocycles. The van der Waals surface area contributed by atoms with Crippen LogP contribution in [0.5, 0.6) is 5.75 Å². The van der Waals surface area contributed by atoms with Crippen molar-refractivity contribution >= 4 is 11.9 Å². The van der Waals surface area contributed by atoms with Gasteiger partial charge in [0.1, 0.15) is 17.6 Å². The lowest BCUT2D eigenvalue weighted by molar-refractivity contribution is 0.524. The minimum Gasteiger partial charge on any atom is -0.386 e. The van der Waals surface area contributed by atoms with E-state index in [-0.39, 0.29) is 10.8 Å². The summed E-state index contributed by atoms with van der Waals surface area (Å²) in [4.78, 5) is 0. The predicted octanol–water partition coefficient (Wildman–Crippen LogP) is 4.81. The zero-order valence-corrected chi connectivity index (χ0v) is 11.8. The maximum Gasteiger partial charge on any atom is 0.146 e. The van der Waals surface area contributed by atoms with Gasteiger partial charge in [0.15, 0.2) is 0 Å². The van der Waals surface area contributed by atoms with E-state index in [2.05, 4.69) is 47.6 Å². The Morgan fingerprint density at radius 1 is 0.875 bits per heavy atom. The van der Waals surface area contributed by atoms with Gasteiger partial charge in [0.05, 0.1) is 0 Å². The van der Waals surface area contributed by atoms with Crippen LogP contribution < -0.4 is 4.29 Å². The van der Waals surface area contributed by atoms with Gasteiger partial charge in [-0.25, -0.2) is 0 Å². The van der Waals surface area contributed by atoms with E-state index in [1.807, 2.05) is 12.1 Å². The molecule has 0 N–H and O–H groups in total. The summed E-state index contributed by atoms with van der Waals surface area (Å²) >= 11 is 5.42. The third-order valence-electron chi connectivity index (χ3n) is 2.70. The Bertz CT molecular complexity index is 369. The smallest absolute Gasteiger partial charge is 0.146 e. The third-order valence-corrected chi connectivity index (χ3v) is 2.87. The SMILES string of the molecule is CC(C)(C)c1ccc(OCl)cc1C(C)(C)C. The molecular formula is C14H21ClO. The van der Waals surface area contributed by atoms with Gasteiger partial charge in [-0.3, -0.25) is 0 Å². The molecule has 0 heterocycles. The normalized spacial score (nSPS) is 12.7. The van der Waals surface area contributed by atoms with Crippen molar-refractivity contribution in [2.24, 2.45) is 0 Å². The fraction of sp³-hybridized carbons (Fsp3) is 0.571. The van der Waals surface area contributed by atoms with Crippen LogP contribution in [-0.4, -0.2) is 0 Å². The molecule has 0 unspecified atom stereocenters. The van der Waals surface area contributed by atoms with Crippen LogP contribution in [0.1, 0.15) is 52.7 Å². The van der Waals surface area contributed by atoms with Crippen molar-refractivity contribution in [2.75, 3.05) is 0 Å². The van der Waals surface area contributed by atoms with Gasteiger partial charge in [0, 0.05) is 0 Å². The monoisotopic (exact) mass is 240 g/mol. The maximum atomic E-state index is 5.42. The second-order valence-corrected chi connectivity index (χ2v) is 6.44. The van der Waals surface area contributed by atoms with Gasteiger partial charge < -0.3 is 4.29 Å². The summed E-state index contributed by atoms with van der Waals surface area (Å²) in [5, 5.41) is 0. The van der Waals surface area contributed by atoms with E-state index in [0.717, 1.165) is 0 Å². The highest BCUT2D eigenvalue weighted by Gasteiger charge is 2.25. The van der Waals surface area contributed by atoms with Crippen LogP contribution in [0.25, 0.3) is 0 Å². The fourth-order valence-corrected chi connectivity index (χ4v) is 1.94. The van der Waals surface area contributed by atoms with E-state index in [1.54, 1.807) is 0 Å². The number of halogens is 1. The number of hydrogen-bond donors (Lipinski definition) is 0. The molecule has 0 aliphatic carbocycles. The molecule has 0 radical (unpaired) electrons. The zero-order chi connectivity index (χ0) is 12.6. The molecule has 0 spiro atoms. The Kier molecular flexibility index (Phi) is 3.59. The molecule has 1 rings (SSSR count). The average molecular weight is 241 g/mol. The first-order chi connectivity index (χ1) is 7.16. The molecule has 0 fully saturated rings. The van der Waals surface area contributed by atoms with Crippen LogP contribution >= 0.6 is 11.9 Å². The largest absolute Gasteiger partial charge is 0.386 e. The summed E-state index contributed by atoms with van der Waals surface area (Å²) in [5.74, 6) is 0.708. The molecule has 16 heavy (non-hydrogen) atoms. The van der Waals surface area contributed by atoms with Gasteiger partial charge in [0.25, 0.3) is 0 Å². The van der Waals surface area contributed by atoms with Crippen LogP contribution in [0.15, 0.2) is 18.2 Å². The van der Waals surface area contributed by atoms with Crippen LogP contribution in [0, 0.1) is 0 Å². The van der Waals surface area contributed by atoms with Gasteiger partial charge in [-0.1, -0.05) is 47.6 Å². The van der Waals surface area contributed by atoms with E-state index >= 15 is 0 Å². The van der Waals surface area contributed by atoms with Gasteiger partial charge in [-0.05, 0) is 34.1 Å². The molecule has 1 aromatic rings. The molecular weight excluding hydrogens is 220 g/mol. The Morgan fingerprint density at radius 3 is 1.75 bits per heavy atom. The standard InChI is InChI=1S/C14H21ClO/c1-13(2,3)11-8-7-10(16-15)9-12(11)14(4,5)6/h7-9H,1-6H3. The molecule has 90 valence electrons. The van der Waals surface area contributed by atoms with Crippen molar-refractivity contribution in [3.63, 3.8) is 0 Å². The third kappa shape index (κ3) is 2.91. The van der Waals surface area contributed by atoms with Crippen LogP contribution in [0.2, 0.25) is 0 Å². The molecule has 0 aliphatic rings. The van der Waals surface area contributed by atoms with Crippen molar-refractivity contribution in [2.45, 2.75) is 52.4 Å². The molecule has 0 aromatic heterocycles. The highest BCUT2D eigenvalue weighted by Crippen LogP contribution is 2.36. The quantitative estimate of drug-likeness (QED) is 0.684. The topological polar surface area (TPSA) is 9.23 Å². The fourth-order valence-electron chi connectivity index (χ4n) is 1.85. The van der Waals surface area contributed by atoms with Crippen LogP contribution in [-0.2, 0) is 10.8 Å². The average Bonchev–Trinajstić information content (AvgIpc) is 2.14. The predicted molar refractivity (Wildman–Crippen MR) is 70.3 cm³/mol. The number of rotatable bonds is 1. The lowest BCUT2D eigenvalue weighted by atomic mass is 9.75. The zero-order valence-electron chi connectivity index (χ0n) is 11.0. The van der Waals surface area contributed by atoms with Gasteiger partial charge in [-0.15, -0.1) is 0 Å². The lowest BCUT2D eigenvalue weighted by Gasteiger charge is -2.30. The Labute approximate surface area is 104 Å². The van der Waals surface area contributed by atoms with E-state index < -0.39 is 0 Å². The van der Waals surface area contributed by atoms with Gasteiger partial charge in [-0.2, -0.15) is 0 Å². The molecule has 0 saturated carbocycles. The summed E-state index contributed by atoms with van der Waals surface area (Å²) in [5.41, 5.74) is 2.86. The van der Waals surface area contributed by atoms with E-state index in [9.17, 15) is 0 Å². The van der Waals surface area contributed by atoms with Crippen molar-refractivity contribution in [3.8, 4) is 5.75 Å². The van der Waals surface area contributed by atoms with Crippen LogP contribution in [0.3, 0.4) is 0 Å². The molecule has 0 amide bonds. The van der Waals surface area contributed by atoms with E-state index in [0.29, 0.717) is 5.75 Å². The molecule has 1 nitrogen and oxygen atoms in total. The van der Waals surface area contributed by atoms with Crippen molar-refractivity contribution in [1.29, 1.82) is 0 Å². The highest BCUT2D eigenvalue weighted by atomic mass is 35.5. The van der Waals surface area contributed by atoms with Crippen molar-refractivity contribution < 1.29 is 4.29 Å². The molecule has 0 atom stereocenters. The summed E-state index contributed by atoms with van der Waals surface area (Å²) in [6.45, 7) is 13.3. The second kappa shape index (κ2) is 4.29. The highest BCUT2D eigenvalue weighted by molar-refractivity contribution is 6.09. The van der Waals surface area contributed by atoms with Crippen molar-refractivity contribution in [1.82, 2.24) is 0 Å². The second-order valence-electron chi connectivity index (χ2n) is 6.28. The summed E-state index contributed by atoms with van der Waals surface area (Å²) < 4.78 is 4.79. The van der Waals surface area contributed by atoms with E-state index in [1.165, 1.54) is 11.1 Å². The molecule has 1 aromatic carbocycles. The first-order valence-electron chi connectivity index (χ1n) is 5.60. The Hall–Kier alpha value is -0.690. The summed E-state index contributed by atoms with van der Waals surface area (Å²) in [6, 6.07) is 6.06. The van der Waals surface area contributed by atoms with Crippen LogP contribution in [0.4, 0.5) is 0 Å². The first kappa shape index (κ1) is 13.4. The summed E-state index contributed by atoms with van der Waals surface area (Å²) in [6.07, 6.45) is 0. The molecule has 0 aliphatic heterocycles. The lowest BCUT2D eigenvalue weighted by Crippen LogP contribution is -2.21. The van der Waals surface area contributed by atoms with Crippen molar-refractivity contribution in [3.05, 3.63) is 29.3 Å². The number of hydrogen-bond acceptors (Lipinski definition) is 1. The minimum absolute atomic E-state index is 0.0913. The minimum atomic E-state index is 0.0913. The maximum absolute atomic E-state index is 5.42. The Balaban J connectivity index is 3.40. The van der Waals surface area contributed by atoms with E-state index in [4.69, 9.17) is 16.2 Å². The molecule has 2 heteroatoms. The van der Waals surface area contributed by atoms with Gasteiger partial charge >= 0.3 is 0 Å². The van der Waals surface area contributed by atoms with Gasteiger partial charge in [0.2, 0.25) is 0 Å². The summed E-state index contributed by atoms with van der Waals surface area (Å²) in [7, 11) is 0. The number of benzene rings is 1.